The minimum absolute atomic E-state index is 0. The molecule has 33 heavy (non-hydrogen) atoms. The van der Waals surface area contributed by atoms with Gasteiger partial charge in [0.05, 0.1) is 7.11 Å². The van der Waals surface area contributed by atoms with Crippen molar-refractivity contribution in [2.24, 2.45) is 4.99 Å². The topological polar surface area (TPSA) is 69.2 Å². The molecule has 180 valence electrons. The fraction of sp³-hybridized carbons (Fsp3) is 0.417. The first-order valence-corrected chi connectivity index (χ1v) is 10.9. The van der Waals surface area contributed by atoms with E-state index >= 15 is 0 Å². The smallest absolute Gasteiger partial charge is 0.251 e. The molecular weight excluding hydrogens is 536 g/mol. The van der Waals surface area contributed by atoms with E-state index in [1.165, 1.54) is 7.11 Å². The van der Waals surface area contributed by atoms with Gasteiger partial charge in [0.1, 0.15) is 0 Å². The fourth-order valence-corrected chi connectivity index (χ4v) is 3.85. The third-order valence-corrected chi connectivity index (χ3v) is 5.62. The van der Waals surface area contributed by atoms with E-state index in [4.69, 9.17) is 4.74 Å². The van der Waals surface area contributed by atoms with Gasteiger partial charge in [-0.1, -0.05) is 18.2 Å². The number of halogens is 2. The maximum absolute atomic E-state index is 13.9. The number of methoxy groups -OCH3 is 1. The zero-order chi connectivity index (χ0) is 22.9. The van der Waals surface area contributed by atoms with Crippen molar-refractivity contribution in [3.05, 3.63) is 65.0 Å². The van der Waals surface area contributed by atoms with E-state index in [1.807, 2.05) is 30.3 Å². The molecule has 0 aromatic heterocycles. The van der Waals surface area contributed by atoms with Crippen LogP contribution in [0.3, 0.4) is 0 Å². The molecule has 0 aliphatic carbocycles. The molecule has 7 nitrogen and oxygen atoms in total. The number of guanidine groups is 1. The van der Waals surface area contributed by atoms with Gasteiger partial charge in [0.2, 0.25) is 0 Å². The standard InChI is InChI=1S/C24H32FN5O2.HI/c1-26-23(31)20-6-4-5-18(15-20)9-10-28-24(27-2)30-13-11-29(12-14-30)17-19-7-8-22(32-3)21(25)16-19;/h4-8,15-16H,9-14,17H2,1-3H3,(H,26,31)(H,27,28);1H. The largest absolute Gasteiger partial charge is 0.494 e. The third-order valence-electron chi connectivity index (χ3n) is 5.62. The number of amides is 1. The Morgan fingerprint density at radius 3 is 2.52 bits per heavy atom. The lowest BCUT2D eigenvalue weighted by atomic mass is 10.1. The monoisotopic (exact) mass is 569 g/mol. The molecule has 0 radical (unpaired) electrons. The number of piperazine rings is 1. The third kappa shape index (κ3) is 7.56. The first-order chi connectivity index (χ1) is 15.5. The number of benzene rings is 2. The number of aliphatic imine (C=N–C) groups is 1. The second kappa shape index (κ2) is 13.3. The number of carbonyl (C=O) groups is 1. The van der Waals surface area contributed by atoms with Crippen LogP contribution in [0.25, 0.3) is 0 Å². The molecule has 1 saturated heterocycles. The summed E-state index contributed by atoms with van der Waals surface area (Å²) in [5, 5.41) is 6.08. The summed E-state index contributed by atoms with van der Waals surface area (Å²) in [4.78, 5) is 20.8. The van der Waals surface area contributed by atoms with Gasteiger partial charge in [-0.25, -0.2) is 4.39 Å². The Balaban J connectivity index is 0.00000385. The molecule has 2 aromatic carbocycles. The van der Waals surface area contributed by atoms with Gasteiger partial charge in [0, 0.05) is 58.9 Å². The number of hydrogen-bond donors (Lipinski definition) is 2. The molecule has 1 amide bonds. The van der Waals surface area contributed by atoms with E-state index in [-0.39, 0.29) is 41.5 Å². The van der Waals surface area contributed by atoms with Crippen LogP contribution in [0, 0.1) is 5.82 Å². The van der Waals surface area contributed by atoms with Gasteiger partial charge in [-0.05, 0) is 41.8 Å². The summed E-state index contributed by atoms with van der Waals surface area (Å²) in [7, 11) is 4.90. The lowest BCUT2D eigenvalue weighted by molar-refractivity contribution is 0.0963. The van der Waals surface area contributed by atoms with Crippen LogP contribution in [0.4, 0.5) is 4.39 Å². The van der Waals surface area contributed by atoms with E-state index in [0.29, 0.717) is 12.1 Å². The Labute approximate surface area is 212 Å². The van der Waals surface area contributed by atoms with Gasteiger partial charge >= 0.3 is 0 Å². The van der Waals surface area contributed by atoms with Gasteiger partial charge in [-0.3, -0.25) is 14.7 Å². The summed E-state index contributed by atoms with van der Waals surface area (Å²) in [6.45, 7) is 4.90. The van der Waals surface area contributed by atoms with Crippen molar-refractivity contribution in [1.82, 2.24) is 20.4 Å². The van der Waals surface area contributed by atoms with Gasteiger partial charge < -0.3 is 20.3 Å². The van der Waals surface area contributed by atoms with Crippen molar-refractivity contribution in [3.63, 3.8) is 0 Å². The lowest BCUT2D eigenvalue weighted by Crippen LogP contribution is -2.52. The van der Waals surface area contributed by atoms with E-state index in [0.717, 1.165) is 56.2 Å². The van der Waals surface area contributed by atoms with Crippen LogP contribution in [0.5, 0.6) is 5.75 Å². The normalized spacial score (nSPS) is 14.4. The number of ether oxygens (including phenoxy) is 1. The van der Waals surface area contributed by atoms with Crippen molar-refractivity contribution in [2.45, 2.75) is 13.0 Å². The molecule has 0 bridgehead atoms. The minimum atomic E-state index is -0.325. The highest BCUT2D eigenvalue weighted by Gasteiger charge is 2.20. The predicted molar refractivity (Wildman–Crippen MR) is 140 cm³/mol. The van der Waals surface area contributed by atoms with Crippen molar-refractivity contribution in [2.75, 3.05) is 53.9 Å². The van der Waals surface area contributed by atoms with Crippen LogP contribution in [-0.4, -0.2) is 75.6 Å². The molecule has 1 fully saturated rings. The SMILES string of the molecule is CN=C(NCCc1cccc(C(=O)NC)c1)N1CCN(Cc2ccc(OC)c(F)c2)CC1.I. The highest BCUT2D eigenvalue weighted by Crippen LogP contribution is 2.19. The molecule has 0 saturated carbocycles. The number of rotatable bonds is 7. The highest BCUT2D eigenvalue weighted by atomic mass is 127. The van der Waals surface area contributed by atoms with Crippen LogP contribution in [-0.2, 0) is 13.0 Å². The quantitative estimate of drug-likeness (QED) is 0.305. The molecule has 1 aliphatic rings. The van der Waals surface area contributed by atoms with Crippen LogP contribution >= 0.6 is 24.0 Å². The maximum Gasteiger partial charge on any atom is 0.251 e. The molecular formula is C24H33FIN5O2. The van der Waals surface area contributed by atoms with Gasteiger partial charge in [0.15, 0.2) is 17.5 Å². The van der Waals surface area contributed by atoms with Crippen molar-refractivity contribution >= 4 is 35.8 Å². The average Bonchev–Trinajstić information content (AvgIpc) is 2.82. The van der Waals surface area contributed by atoms with E-state index < -0.39 is 0 Å². The molecule has 9 heteroatoms. The predicted octanol–water partition coefficient (Wildman–Crippen LogP) is 2.75. The maximum atomic E-state index is 13.9. The van der Waals surface area contributed by atoms with Crippen molar-refractivity contribution < 1.29 is 13.9 Å². The molecule has 2 aromatic rings. The number of nitrogens with one attached hydrogen (secondary N) is 2. The molecule has 0 spiro atoms. The number of carbonyl (C=O) groups excluding carboxylic acids is 1. The number of nitrogens with zero attached hydrogens (tertiary/aromatic N) is 3. The first-order valence-electron chi connectivity index (χ1n) is 10.9. The summed E-state index contributed by atoms with van der Waals surface area (Å²) in [5.74, 6) is 0.747. The first kappa shape index (κ1) is 26.8. The Kier molecular flexibility index (Phi) is 10.9. The molecule has 0 unspecified atom stereocenters. The van der Waals surface area contributed by atoms with E-state index in [2.05, 4.69) is 25.4 Å². The molecule has 1 aliphatic heterocycles. The van der Waals surface area contributed by atoms with Gasteiger partial charge in [-0.2, -0.15) is 0 Å². The summed E-state index contributed by atoms with van der Waals surface area (Å²) in [6, 6.07) is 12.8. The lowest BCUT2D eigenvalue weighted by Gasteiger charge is -2.36. The highest BCUT2D eigenvalue weighted by molar-refractivity contribution is 14.0. The Bertz CT molecular complexity index is 948. The summed E-state index contributed by atoms with van der Waals surface area (Å²) >= 11 is 0. The van der Waals surface area contributed by atoms with Crippen LogP contribution in [0.15, 0.2) is 47.5 Å². The van der Waals surface area contributed by atoms with Gasteiger partial charge in [-0.15, -0.1) is 24.0 Å². The second-order valence-corrected chi connectivity index (χ2v) is 7.74. The van der Waals surface area contributed by atoms with E-state index in [9.17, 15) is 9.18 Å². The molecule has 2 N–H and O–H groups in total. The molecule has 1 heterocycles. The van der Waals surface area contributed by atoms with Gasteiger partial charge in [0.25, 0.3) is 5.91 Å². The van der Waals surface area contributed by atoms with Crippen molar-refractivity contribution in [1.29, 1.82) is 0 Å². The van der Waals surface area contributed by atoms with E-state index in [1.54, 1.807) is 26.2 Å². The van der Waals surface area contributed by atoms with Crippen LogP contribution in [0.1, 0.15) is 21.5 Å². The summed E-state index contributed by atoms with van der Waals surface area (Å²) in [6.07, 6.45) is 0.798. The fourth-order valence-electron chi connectivity index (χ4n) is 3.85. The van der Waals surface area contributed by atoms with Crippen molar-refractivity contribution in [3.8, 4) is 5.75 Å². The summed E-state index contributed by atoms with van der Waals surface area (Å²) in [5.41, 5.74) is 2.71. The zero-order valence-corrected chi connectivity index (χ0v) is 21.8. The van der Waals surface area contributed by atoms with Crippen LogP contribution in [0.2, 0.25) is 0 Å². The Morgan fingerprint density at radius 1 is 1.12 bits per heavy atom. The molecule has 3 rings (SSSR count). The minimum Gasteiger partial charge on any atom is -0.494 e. The Morgan fingerprint density at radius 2 is 1.88 bits per heavy atom. The average molecular weight is 569 g/mol. The number of hydrogen-bond acceptors (Lipinski definition) is 4. The molecule has 0 atom stereocenters. The van der Waals surface area contributed by atoms with Crippen LogP contribution < -0.4 is 15.4 Å². The summed E-state index contributed by atoms with van der Waals surface area (Å²) < 4.78 is 18.9. The zero-order valence-electron chi connectivity index (χ0n) is 19.4. The second-order valence-electron chi connectivity index (χ2n) is 7.74. The Hall–Kier alpha value is -2.40.